The van der Waals surface area contributed by atoms with E-state index in [1.165, 1.54) is 5.56 Å². The van der Waals surface area contributed by atoms with E-state index in [0.29, 0.717) is 12.0 Å². The van der Waals surface area contributed by atoms with Gasteiger partial charge in [-0.15, -0.1) is 0 Å². The van der Waals surface area contributed by atoms with Gasteiger partial charge in [-0.1, -0.05) is 6.92 Å². The first-order valence-corrected chi connectivity index (χ1v) is 6.49. The molecule has 4 N–H and O–H groups in total. The summed E-state index contributed by atoms with van der Waals surface area (Å²) in [5.74, 6) is 6.06. The Kier molecular flexibility index (Phi) is 5.88. The fourth-order valence-electron chi connectivity index (χ4n) is 1.40. The van der Waals surface area contributed by atoms with Crippen molar-refractivity contribution in [3.05, 3.63) is 22.4 Å². The molecule has 1 rings (SSSR count). The van der Waals surface area contributed by atoms with Crippen LogP contribution in [0.1, 0.15) is 25.8 Å². The zero-order valence-corrected chi connectivity index (χ0v) is 10.7. The van der Waals surface area contributed by atoms with Crippen molar-refractivity contribution in [3.63, 3.8) is 0 Å². The van der Waals surface area contributed by atoms with Crippen LogP contribution in [-0.2, 0) is 6.42 Å². The van der Waals surface area contributed by atoms with Gasteiger partial charge >= 0.3 is 0 Å². The van der Waals surface area contributed by atoms with Crippen LogP contribution in [0.25, 0.3) is 0 Å². The second-order valence-corrected chi connectivity index (χ2v) is 4.54. The predicted octanol–water partition coefficient (Wildman–Crippen LogP) is 1.50. The Morgan fingerprint density at radius 3 is 3.00 bits per heavy atom. The summed E-state index contributed by atoms with van der Waals surface area (Å²) in [6, 6.07) is 2.46. The zero-order chi connectivity index (χ0) is 11.8. The first-order valence-electron chi connectivity index (χ1n) is 5.55. The number of hydrogen-bond acceptors (Lipinski definition) is 3. The van der Waals surface area contributed by atoms with Gasteiger partial charge in [-0.3, -0.25) is 10.4 Å². The minimum Gasteiger partial charge on any atom is -0.353 e. The molecule has 1 aromatic rings. The highest BCUT2D eigenvalue weighted by Crippen LogP contribution is 2.08. The fourth-order valence-corrected chi connectivity index (χ4v) is 2.08. The molecule has 0 spiro atoms. The molecule has 1 atom stereocenters. The molecule has 4 nitrogen and oxygen atoms in total. The van der Waals surface area contributed by atoms with Gasteiger partial charge in [-0.05, 0) is 42.2 Å². The van der Waals surface area contributed by atoms with Crippen LogP contribution in [0.5, 0.6) is 0 Å². The van der Waals surface area contributed by atoms with Crippen LogP contribution in [-0.4, -0.2) is 18.5 Å². The molecule has 0 saturated heterocycles. The molecular weight excluding hydrogens is 220 g/mol. The Morgan fingerprint density at radius 1 is 1.62 bits per heavy atom. The van der Waals surface area contributed by atoms with Crippen molar-refractivity contribution in [1.82, 2.24) is 10.7 Å². The van der Waals surface area contributed by atoms with E-state index in [2.05, 4.69) is 46.4 Å². The smallest absolute Gasteiger partial charge is 0.205 e. The molecule has 0 aliphatic carbocycles. The monoisotopic (exact) mass is 240 g/mol. The number of aliphatic imine (C=N–C) groups is 1. The molecule has 0 bridgehead atoms. The Labute approximate surface area is 101 Å². The van der Waals surface area contributed by atoms with Crippen molar-refractivity contribution in [2.24, 2.45) is 10.8 Å². The van der Waals surface area contributed by atoms with Gasteiger partial charge in [0.15, 0.2) is 0 Å². The van der Waals surface area contributed by atoms with Gasteiger partial charge in [0.1, 0.15) is 0 Å². The molecule has 0 aliphatic rings. The summed E-state index contributed by atoms with van der Waals surface area (Å²) in [6.45, 7) is 5.00. The Balaban J connectivity index is 2.39. The van der Waals surface area contributed by atoms with Crippen LogP contribution in [0.2, 0.25) is 0 Å². The summed E-state index contributed by atoms with van der Waals surface area (Å²) < 4.78 is 0. The predicted molar refractivity (Wildman–Crippen MR) is 70.5 cm³/mol. The summed E-state index contributed by atoms with van der Waals surface area (Å²) in [5, 5.41) is 7.51. The van der Waals surface area contributed by atoms with E-state index in [1.807, 2.05) is 0 Å². The number of nitrogens with two attached hydrogens (primary N) is 1. The lowest BCUT2D eigenvalue weighted by Crippen LogP contribution is -2.46. The lowest BCUT2D eigenvalue weighted by molar-refractivity contribution is 0.641. The van der Waals surface area contributed by atoms with Gasteiger partial charge in [-0.25, -0.2) is 5.84 Å². The highest BCUT2D eigenvalue weighted by Gasteiger charge is 2.05. The third kappa shape index (κ3) is 4.63. The van der Waals surface area contributed by atoms with E-state index in [1.54, 1.807) is 11.3 Å². The maximum Gasteiger partial charge on any atom is 0.205 e. The molecule has 5 heteroatoms. The summed E-state index contributed by atoms with van der Waals surface area (Å²) in [4.78, 5) is 4.30. The molecule has 1 aromatic heterocycles. The summed E-state index contributed by atoms with van der Waals surface area (Å²) in [7, 11) is 0. The molecule has 0 radical (unpaired) electrons. The van der Waals surface area contributed by atoms with Gasteiger partial charge in [-0.2, -0.15) is 11.3 Å². The van der Waals surface area contributed by atoms with Crippen molar-refractivity contribution < 1.29 is 0 Å². The number of hydrazine groups is 1. The molecule has 0 fully saturated rings. The minimum absolute atomic E-state index is 0.321. The summed E-state index contributed by atoms with van der Waals surface area (Å²) in [6.07, 6.45) is 2.00. The Hall–Kier alpha value is -1.07. The number of nitrogens with one attached hydrogen (secondary N) is 2. The van der Waals surface area contributed by atoms with Crippen LogP contribution in [0.4, 0.5) is 0 Å². The number of thiophene rings is 1. The number of nitrogens with zero attached hydrogens (tertiary/aromatic N) is 1. The van der Waals surface area contributed by atoms with E-state index in [9.17, 15) is 0 Å². The highest BCUT2D eigenvalue weighted by molar-refractivity contribution is 7.07. The molecule has 16 heavy (non-hydrogen) atoms. The fraction of sp³-hybridized carbons (Fsp3) is 0.545. The molecule has 90 valence electrons. The number of hydrogen-bond donors (Lipinski definition) is 3. The second-order valence-electron chi connectivity index (χ2n) is 3.76. The number of rotatable bonds is 5. The maximum atomic E-state index is 5.39. The SMILES string of the molecule is CCCN=C(NN)NC(C)Cc1ccsc1. The van der Waals surface area contributed by atoms with E-state index in [0.717, 1.165) is 19.4 Å². The van der Waals surface area contributed by atoms with Crippen LogP contribution >= 0.6 is 11.3 Å². The highest BCUT2D eigenvalue weighted by atomic mass is 32.1. The van der Waals surface area contributed by atoms with Crippen LogP contribution in [0.15, 0.2) is 21.8 Å². The van der Waals surface area contributed by atoms with Crippen molar-refractivity contribution in [3.8, 4) is 0 Å². The molecular formula is C11H20N4S. The van der Waals surface area contributed by atoms with Gasteiger partial charge in [0.25, 0.3) is 0 Å². The molecule has 1 heterocycles. The topological polar surface area (TPSA) is 62.4 Å². The van der Waals surface area contributed by atoms with Crippen molar-refractivity contribution in [2.75, 3.05) is 6.54 Å². The van der Waals surface area contributed by atoms with Crippen molar-refractivity contribution in [2.45, 2.75) is 32.7 Å². The van der Waals surface area contributed by atoms with Crippen molar-refractivity contribution in [1.29, 1.82) is 0 Å². The molecule has 0 saturated carbocycles. The van der Waals surface area contributed by atoms with E-state index in [-0.39, 0.29) is 0 Å². The van der Waals surface area contributed by atoms with Gasteiger partial charge < -0.3 is 5.32 Å². The quantitative estimate of drug-likeness (QED) is 0.316. The standard InChI is InChI=1S/C11H20N4S/c1-3-5-13-11(15-12)14-9(2)7-10-4-6-16-8-10/h4,6,8-9H,3,5,7,12H2,1-2H3,(H2,13,14,15). The van der Waals surface area contributed by atoms with Crippen LogP contribution in [0, 0.1) is 0 Å². The first kappa shape index (κ1) is 13.0. The van der Waals surface area contributed by atoms with Gasteiger partial charge in [0, 0.05) is 12.6 Å². The Bertz CT molecular complexity index is 308. The third-order valence-corrected chi connectivity index (χ3v) is 2.87. The van der Waals surface area contributed by atoms with Crippen molar-refractivity contribution >= 4 is 17.3 Å². The zero-order valence-electron chi connectivity index (χ0n) is 9.86. The summed E-state index contributed by atoms with van der Waals surface area (Å²) >= 11 is 1.72. The van der Waals surface area contributed by atoms with E-state index in [4.69, 9.17) is 5.84 Å². The number of guanidine groups is 1. The van der Waals surface area contributed by atoms with Crippen LogP contribution < -0.4 is 16.6 Å². The average molecular weight is 240 g/mol. The molecule has 0 aliphatic heterocycles. The van der Waals surface area contributed by atoms with Crippen LogP contribution in [0.3, 0.4) is 0 Å². The van der Waals surface area contributed by atoms with Gasteiger partial charge in [0.2, 0.25) is 5.96 Å². The molecule has 1 unspecified atom stereocenters. The van der Waals surface area contributed by atoms with E-state index >= 15 is 0 Å². The van der Waals surface area contributed by atoms with E-state index < -0.39 is 0 Å². The molecule has 0 amide bonds. The third-order valence-electron chi connectivity index (χ3n) is 2.14. The first-order chi connectivity index (χ1) is 7.76. The lowest BCUT2D eigenvalue weighted by atomic mass is 10.1. The molecule has 0 aromatic carbocycles. The minimum atomic E-state index is 0.321. The largest absolute Gasteiger partial charge is 0.353 e. The Morgan fingerprint density at radius 2 is 2.44 bits per heavy atom. The second kappa shape index (κ2) is 7.24. The maximum absolute atomic E-state index is 5.39. The normalized spacial score (nSPS) is 13.6. The van der Waals surface area contributed by atoms with Gasteiger partial charge in [0.05, 0.1) is 0 Å². The average Bonchev–Trinajstić information content (AvgIpc) is 2.76. The lowest BCUT2D eigenvalue weighted by Gasteiger charge is -2.15. The summed E-state index contributed by atoms with van der Waals surface area (Å²) in [5.41, 5.74) is 3.93.